The van der Waals surface area contributed by atoms with Crippen LogP contribution in [0.4, 0.5) is 17.6 Å². The zero-order valence-corrected chi connectivity index (χ0v) is 10.3. The lowest BCUT2D eigenvalue weighted by molar-refractivity contribution is -0.137. The van der Waals surface area contributed by atoms with Crippen LogP contribution in [0.25, 0.3) is 0 Å². The maximum atomic E-state index is 13.4. The summed E-state index contributed by atoms with van der Waals surface area (Å²) in [7, 11) is 0. The Bertz CT molecular complexity index is 415. The second kappa shape index (κ2) is 5.45. The van der Waals surface area contributed by atoms with Crippen molar-refractivity contribution in [2.45, 2.75) is 31.5 Å². The highest BCUT2D eigenvalue weighted by Gasteiger charge is 2.32. The minimum atomic E-state index is -4.46. The molecule has 0 heterocycles. The Hall–Kier alpha value is -0.810. The third-order valence-electron chi connectivity index (χ3n) is 3.01. The first-order valence-corrected chi connectivity index (χ1v) is 5.50. The Morgan fingerprint density at radius 2 is 1.89 bits per heavy atom. The van der Waals surface area contributed by atoms with E-state index < -0.39 is 23.6 Å². The molecular weight excluding hydrogens is 270 g/mol. The highest BCUT2D eigenvalue weighted by Crippen LogP contribution is 2.38. The quantitative estimate of drug-likeness (QED) is 0.832. The number of rotatable bonds is 3. The Morgan fingerprint density at radius 3 is 2.39 bits per heavy atom. The van der Waals surface area contributed by atoms with E-state index in [1.54, 1.807) is 0 Å². The van der Waals surface area contributed by atoms with Crippen molar-refractivity contribution in [2.75, 3.05) is 0 Å². The molecule has 1 aliphatic carbocycles. The van der Waals surface area contributed by atoms with Crippen LogP contribution in [0.2, 0.25) is 0 Å². The van der Waals surface area contributed by atoms with Gasteiger partial charge in [0.2, 0.25) is 0 Å². The van der Waals surface area contributed by atoms with Crippen LogP contribution in [0.5, 0.6) is 0 Å². The lowest BCUT2D eigenvalue weighted by atomic mass is 9.99. The summed E-state index contributed by atoms with van der Waals surface area (Å²) in [5.41, 5.74) is 4.86. The van der Waals surface area contributed by atoms with Crippen molar-refractivity contribution in [1.29, 1.82) is 0 Å². The maximum Gasteiger partial charge on any atom is 0.416 e. The standard InChI is InChI=1S/C12H13F4N.ClH/c13-10-4-3-8(12(14,15)16)6-9(10)11(17)5-7-1-2-7;/h3-4,6-7,11H,1-2,5,17H2;1H/t11-;/m1./s1. The van der Waals surface area contributed by atoms with Crippen molar-refractivity contribution in [3.8, 4) is 0 Å². The molecule has 1 aliphatic rings. The molecule has 102 valence electrons. The number of benzene rings is 1. The summed E-state index contributed by atoms with van der Waals surface area (Å²) in [5.74, 6) is -0.218. The Balaban J connectivity index is 0.00000162. The fourth-order valence-electron chi connectivity index (χ4n) is 1.84. The van der Waals surface area contributed by atoms with Gasteiger partial charge in [0.15, 0.2) is 0 Å². The van der Waals surface area contributed by atoms with Crippen molar-refractivity contribution in [3.05, 3.63) is 35.1 Å². The fraction of sp³-hybridized carbons (Fsp3) is 0.500. The van der Waals surface area contributed by atoms with Gasteiger partial charge in [-0.05, 0) is 30.5 Å². The van der Waals surface area contributed by atoms with E-state index in [1.165, 1.54) is 0 Å². The van der Waals surface area contributed by atoms with Crippen LogP contribution >= 0.6 is 12.4 Å². The normalized spacial score (nSPS) is 17.2. The van der Waals surface area contributed by atoms with E-state index in [0.717, 1.165) is 31.0 Å². The monoisotopic (exact) mass is 283 g/mol. The number of hydrogen-bond donors (Lipinski definition) is 1. The van der Waals surface area contributed by atoms with Gasteiger partial charge in [-0.1, -0.05) is 12.8 Å². The van der Waals surface area contributed by atoms with Crippen LogP contribution in [0.3, 0.4) is 0 Å². The summed E-state index contributed by atoms with van der Waals surface area (Å²) < 4.78 is 50.9. The molecule has 2 N–H and O–H groups in total. The number of halogens is 5. The fourth-order valence-corrected chi connectivity index (χ4v) is 1.84. The summed E-state index contributed by atoms with van der Waals surface area (Å²) >= 11 is 0. The topological polar surface area (TPSA) is 26.0 Å². The van der Waals surface area contributed by atoms with Gasteiger partial charge >= 0.3 is 6.18 Å². The van der Waals surface area contributed by atoms with E-state index in [0.29, 0.717) is 12.3 Å². The van der Waals surface area contributed by atoms with Crippen LogP contribution in [0.15, 0.2) is 18.2 Å². The molecule has 1 nitrogen and oxygen atoms in total. The molecule has 0 saturated heterocycles. The molecule has 1 saturated carbocycles. The molecule has 6 heteroatoms. The smallest absolute Gasteiger partial charge is 0.324 e. The molecule has 0 aliphatic heterocycles. The van der Waals surface area contributed by atoms with E-state index in [1.807, 2.05) is 0 Å². The second-order valence-electron chi connectivity index (χ2n) is 4.52. The van der Waals surface area contributed by atoms with Gasteiger partial charge in [-0.25, -0.2) is 4.39 Å². The molecule has 1 atom stereocenters. The number of nitrogens with two attached hydrogens (primary N) is 1. The first-order valence-electron chi connectivity index (χ1n) is 5.50. The molecule has 2 rings (SSSR count). The molecule has 1 aromatic carbocycles. The second-order valence-corrected chi connectivity index (χ2v) is 4.52. The van der Waals surface area contributed by atoms with Gasteiger partial charge in [-0.15, -0.1) is 12.4 Å². The van der Waals surface area contributed by atoms with Gasteiger partial charge < -0.3 is 5.73 Å². The van der Waals surface area contributed by atoms with E-state index >= 15 is 0 Å². The van der Waals surface area contributed by atoms with Gasteiger partial charge in [0, 0.05) is 11.6 Å². The Morgan fingerprint density at radius 1 is 1.28 bits per heavy atom. The predicted molar refractivity (Wildman–Crippen MR) is 62.9 cm³/mol. The van der Waals surface area contributed by atoms with Crippen molar-refractivity contribution in [1.82, 2.24) is 0 Å². The molecule has 0 unspecified atom stereocenters. The molecule has 0 bridgehead atoms. The summed E-state index contributed by atoms with van der Waals surface area (Å²) in [6.45, 7) is 0. The van der Waals surface area contributed by atoms with Crippen molar-refractivity contribution in [2.24, 2.45) is 11.7 Å². The van der Waals surface area contributed by atoms with Crippen LogP contribution in [0.1, 0.15) is 36.4 Å². The summed E-state index contributed by atoms with van der Waals surface area (Å²) in [6.07, 6.45) is -1.83. The third kappa shape index (κ3) is 3.59. The Kier molecular flexibility index (Phi) is 4.61. The van der Waals surface area contributed by atoms with Gasteiger partial charge in [-0.3, -0.25) is 0 Å². The molecule has 18 heavy (non-hydrogen) atoms. The zero-order chi connectivity index (χ0) is 12.6. The van der Waals surface area contributed by atoms with Crippen LogP contribution in [-0.2, 0) is 6.18 Å². The molecule has 0 radical (unpaired) electrons. The summed E-state index contributed by atoms with van der Waals surface area (Å²) in [4.78, 5) is 0. The highest BCUT2D eigenvalue weighted by atomic mass is 35.5. The average molecular weight is 284 g/mol. The molecular formula is C12H14ClF4N. The first-order chi connectivity index (χ1) is 7.88. The zero-order valence-electron chi connectivity index (χ0n) is 9.51. The molecule has 1 fully saturated rings. The van der Waals surface area contributed by atoms with Gasteiger partial charge in [0.05, 0.1) is 5.56 Å². The minimum Gasteiger partial charge on any atom is -0.324 e. The SMILES string of the molecule is Cl.N[C@H](CC1CC1)c1cc(C(F)(F)F)ccc1F. The average Bonchev–Trinajstić information content (AvgIpc) is 3.00. The Labute approximate surface area is 109 Å². The lowest BCUT2D eigenvalue weighted by Gasteiger charge is -2.15. The minimum absolute atomic E-state index is 0. The predicted octanol–water partition coefficient (Wildman–Crippen LogP) is 4.07. The molecule has 0 amide bonds. The van der Waals surface area contributed by atoms with Crippen molar-refractivity contribution < 1.29 is 17.6 Å². The van der Waals surface area contributed by atoms with E-state index in [-0.39, 0.29) is 18.0 Å². The van der Waals surface area contributed by atoms with Crippen molar-refractivity contribution >= 4 is 12.4 Å². The molecule has 0 spiro atoms. The largest absolute Gasteiger partial charge is 0.416 e. The lowest BCUT2D eigenvalue weighted by Crippen LogP contribution is -2.15. The number of hydrogen-bond acceptors (Lipinski definition) is 1. The summed E-state index contributed by atoms with van der Waals surface area (Å²) in [5, 5.41) is 0. The van der Waals surface area contributed by atoms with Gasteiger partial charge in [0.25, 0.3) is 0 Å². The van der Waals surface area contributed by atoms with E-state index in [2.05, 4.69) is 0 Å². The van der Waals surface area contributed by atoms with E-state index in [4.69, 9.17) is 5.73 Å². The summed E-state index contributed by atoms with van der Waals surface area (Å²) in [6, 6.07) is 1.75. The molecule has 1 aromatic rings. The molecule has 0 aromatic heterocycles. The highest BCUT2D eigenvalue weighted by molar-refractivity contribution is 5.85. The van der Waals surface area contributed by atoms with Crippen LogP contribution in [-0.4, -0.2) is 0 Å². The van der Waals surface area contributed by atoms with Gasteiger partial charge in [0.1, 0.15) is 5.82 Å². The number of alkyl halides is 3. The van der Waals surface area contributed by atoms with E-state index in [9.17, 15) is 17.6 Å². The van der Waals surface area contributed by atoms with Crippen LogP contribution < -0.4 is 5.73 Å². The first kappa shape index (κ1) is 15.2. The maximum absolute atomic E-state index is 13.4. The van der Waals surface area contributed by atoms with Gasteiger partial charge in [-0.2, -0.15) is 13.2 Å². The third-order valence-corrected chi connectivity index (χ3v) is 3.01. The van der Waals surface area contributed by atoms with Crippen LogP contribution in [0, 0.1) is 11.7 Å². The van der Waals surface area contributed by atoms with Crippen molar-refractivity contribution in [3.63, 3.8) is 0 Å².